The van der Waals surface area contributed by atoms with Crippen LogP contribution in [0.2, 0.25) is 0 Å². The van der Waals surface area contributed by atoms with E-state index in [1.54, 1.807) is 16.8 Å². The number of aromatic nitrogens is 5. The SMILES string of the molecule is O=P(O)(OC[C@H]1O[C@@H](O)[C@H](O)[C@@H]1O)OP(=O)(O)OC[C@H]1O[C@@H]([n+]2c[nH]c3c4nccn4cnc32)[C@H](O)[C@@H]1O. The minimum Gasteiger partial charge on any atom is -0.387 e. The molecule has 8 N–H and O–H groups in total. The monoisotopic (exact) mass is 584 g/mol. The van der Waals surface area contributed by atoms with Crippen LogP contribution in [0.15, 0.2) is 25.0 Å². The third-order valence-corrected chi connectivity index (χ3v) is 8.57. The lowest BCUT2D eigenvalue weighted by Gasteiger charge is -2.20. The molecule has 21 heteroatoms. The van der Waals surface area contributed by atoms with Gasteiger partial charge in [0.1, 0.15) is 36.6 Å². The number of phosphoric acid groups is 2. The molecule has 0 spiro atoms. The Hall–Kier alpha value is -1.93. The predicted molar refractivity (Wildman–Crippen MR) is 116 cm³/mol. The van der Waals surface area contributed by atoms with Gasteiger partial charge in [-0.3, -0.25) is 18.4 Å². The molecule has 0 aliphatic carbocycles. The van der Waals surface area contributed by atoms with Crippen LogP contribution < -0.4 is 4.57 Å². The van der Waals surface area contributed by atoms with Gasteiger partial charge in [0.15, 0.2) is 24.6 Å². The highest BCUT2D eigenvalue weighted by Gasteiger charge is 2.48. The van der Waals surface area contributed by atoms with Crippen LogP contribution in [-0.2, 0) is 32.0 Å². The first-order valence-corrected chi connectivity index (χ1v) is 13.9. The van der Waals surface area contributed by atoms with E-state index in [0.717, 1.165) is 0 Å². The van der Waals surface area contributed by atoms with Crippen LogP contribution in [0.5, 0.6) is 0 Å². The van der Waals surface area contributed by atoms with Gasteiger partial charge in [-0.15, -0.1) is 0 Å². The summed E-state index contributed by atoms with van der Waals surface area (Å²) in [4.78, 5) is 31.0. The van der Waals surface area contributed by atoms with Gasteiger partial charge in [-0.2, -0.15) is 4.31 Å². The van der Waals surface area contributed by atoms with Crippen molar-refractivity contribution in [1.82, 2.24) is 19.4 Å². The quantitative estimate of drug-likeness (QED) is 0.0909. The summed E-state index contributed by atoms with van der Waals surface area (Å²) in [6.07, 6.45) is -6.15. The lowest BCUT2D eigenvalue weighted by atomic mass is 10.1. The average molecular weight is 584 g/mol. The molecular formula is C17H24N5O14P2+. The van der Waals surface area contributed by atoms with Crippen LogP contribution in [-0.4, -0.2) is 111 Å². The number of rotatable bonds is 9. The average Bonchev–Trinajstić information content (AvgIpc) is 3.60. The van der Waals surface area contributed by atoms with Crippen molar-refractivity contribution in [1.29, 1.82) is 0 Å². The van der Waals surface area contributed by atoms with Crippen LogP contribution in [0.3, 0.4) is 0 Å². The van der Waals surface area contributed by atoms with E-state index in [-0.39, 0.29) is 0 Å². The smallest absolute Gasteiger partial charge is 0.387 e. The second-order valence-corrected chi connectivity index (χ2v) is 11.5. The molecule has 0 aromatic carbocycles. The molecule has 19 nitrogen and oxygen atoms in total. The van der Waals surface area contributed by atoms with Crippen LogP contribution >= 0.6 is 15.6 Å². The van der Waals surface area contributed by atoms with Crippen LogP contribution in [0.1, 0.15) is 6.23 Å². The Labute approximate surface area is 211 Å². The molecule has 2 unspecified atom stereocenters. The summed E-state index contributed by atoms with van der Waals surface area (Å²) in [5.74, 6) is 0. The molecular weight excluding hydrogens is 560 g/mol. The molecule has 2 saturated heterocycles. The van der Waals surface area contributed by atoms with Gasteiger partial charge < -0.3 is 44.8 Å². The molecule has 0 radical (unpaired) electrons. The number of imidazole rings is 2. The number of phosphoric ester groups is 2. The normalized spacial score (nSPS) is 35.1. The highest BCUT2D eigenvalue weighted by atomic mass is 31.3. The Balaban J connectivity index is 1.19. The molecule has 38 heavy (non-hydrogen) atoms. The maximum atomic E-state index is 12.2. The Morgan fingerprint density at radius 1 is 0.947 bits per heavy atom. The third-order valence-electron chi connectivity index (χ3n) is 5.97. The summed E-state index contributed by atoms with van der Waals surface area (Å²) in [5.41, 5.74) is 1.37. The number of nitrogens with zero attached hydrogens (tertiary/aromatic N) is 4. The highest BCUT2D eigenvalue weighted by molar-refractivity contribution is 7.61. The number of aliphatic hydroxyl groups excluding tert-OH is 5. The highest BCUT2D eigenvalue weighted by Crippen LogP contribution is 2.60. The first-order valence-electron chi connectivity index (χ1n) is 10.9. The van der Waals surface area contributed by atoms with E-state index in [4.69, 9.17) is 9.47 Å². The summed E-state index contributed by atoms with van der Waals surface area (Å²) in [6, 6.07) is 0. The lowest BCUT2D eigenvalue weighted by Crippen LogP contribution is -2.45. The largest absolute Gasteiger partial charge is 0.481 e. The zero-order valence-electron chi connectivity index (χ0n) is 19.0. The van der Waals surface area contributed by atoms with Crippen LogP contribution in [0.4, 0.5) is 0 Å². The fourth-order valence-corrected chi connectivity index (χ4v) is 6.16. The van der Waals surface area contributed by atoms with Crippen molar-refractivity contribution in [3.8, 4) is 0 Å². The molecule has 2 aliphatic heterocycles. The van der Waals surface area contributed by atoms with Gasteiger partial charge in [-0.25, -0.2) is 18.7 Å². The minimum atomic E-state index is -5.30. The van der Waals surface area contributed by atoms with E-state index >= 15 is 0 Å². The summed E-state index contributed by atoms with van der Waals surface area (Å²) in [7, 11) is -10.6. The van der Waals surface area contributed by atoms with Crippen molar-refractivity contribution in [3.63, 3.8) is 0 Å². The molecule has 210 valence electrons. The molecule has 5 rings (SSSR count). The van der Waals surface area contributed by atoms with E-state index in [2.05, 4.69) is 28.3 Å². The van der Waals surface area contributed by atoms with Gasteiger partial charge in [0.25, 0.3) is 0 Å². The zero-order valence-corrected chi connectivity index (χ0v) is 20.8. The number of H-pyrrole nitrogens is 1. The van der Waals surface area contributed by atoms with Gasteiger partial charge in [-0.05, 0) is 0 Å². The second-order valence-electron chi connectivity index (χ2n) is 8.48. The number of nitrogens with one attached hydrogen (secondary N) is 1. The molecule has 10 atom stereocenters. The van der Waals surface area contributed by atoms with Crippen molar-refractivity contribution in [2.45, 2.75) is 49.1 Å². The van der Waals surface area contributed by atoms with Gasteiger partial charge in [0.2, 0.25) is 11.7 Å². The first kappa shape index (κ1) is 27.6. The van der Waals surface area contributed by atoms with E-state index in [1.165, 1.54) is 17.2 Å². The molecule has 0 saturated carbocycles. The van der Waals surface area contributed by atoms with Crippen molar-refractivity contribution >= 4 is 32.5 Å². The molecule has 2 fully saturated rings. The zero-order chi connectivity index (χ0) is 27.4. The van der Waals surface area contributed by atoms with E-state index in [0.29, 0.717) is 16.8 Å². The van der Waals surface area contributed by atoms with Gasteiger partial charge in [-0.1, -0.05) is 4.98 Å². The van der Waals surface area contributed by atoms with E-state index < -0.39 is 78.0 Å². The Bertz CT molecular complexity index is 1400. The predicted octanol–water partition coefficient (Wildman–Crippen LogP) is -3.19. The molecule has 2 aliphatic rings. The maximum Gasteiger partial charge on any atom is 0.481 e. The van der Waals surface area contributed by atoms with E-state index in [1.807, 2.05) is 0 Å². The molecule has 3 aromatic rings. The summed E-state index contributed by atoms with van der Waals surface area (Å²) < 4.78 is 51.0. The fourth-order valence-electron chi connectivity index (χ4n) is 4.07. The van der Waals surface area contributed by atoms with Crippen molar-refractivity contribution in [2.24, 2.45) is 0 Å². The number of hydrogen-bond acceptors (Lipinski definition) is 14. The van der Waals surface area contributed by atoms with Crippen molar-refractivity contribution in [3.05, 3.63) is 25.0 Å². The number of fused-ring (bicyclic) bond motifs is 3. The van der Waals surface area contributed by atoms with Crippen LogP contribution in [0, 0.1) is 0 Å². The standard InChI is InChI=1S/C17H23N5O14P2/c23-10-7(3-32-37(28,29)36-38(30,31)33-4-8-11(24)13(26)17(27)35-8)34-16(12(10)25)22-6-19-9-14-18-1-2-21(14)5-20-15(9)22/h1-2,5-8,10-13,16-17,23-27H,3-4H2,(H2,28,29,30,31)/p+1/t7-,8-,10-,11-,12-,13-,16-,17-/m1/s1. The Morgan fingerprint density at radius 2 is 1.58 bits per heavy atom. The molecule has 0 amide bonds. The number of aliphatic hydroxyl groups is 5. The number of ether oxygens (including phenoxy) is 2. The first-order chi connectivity index (χ1) is 17.9. The third kappa shape index (κ3) is 5.27. The van der Waals surface area contributed by atoms with Gasteiger partial charge in [0, 0.05) is 12.4 Å². The molecule has 3 aromatic heterocycles. The van der Waals surface area contributed by atoms with Crippen LogP contribution in [0.25, 0.3) is 16.8 Å². The maximum absolute atomic E-state index is 12.2. The Morgan fingerprint density at radius 3 is 2.21 bits per heavy atom. The van der Waals surface area contributed by atoms with E-state index in [9.17, 15) is 44.4 Å². The van der Waals surface area contributed by atoms with Gasteiger partial charge in [0.05, 0.1) is 13.2 Å². The summed E-state index contributed by atoms with van der Waals surface area (Å²) in [5, 5.41) is 49.3. The summed E-state index contributed by atoms with van der Waals surface area (Å²) >= 11 is 0. The topological polar surface area (TPSA) is 272 Å². The number of aromatic amines is 1. The van der Waals surface area contributed by atoms with Gasteiger partial charge >= 0.3 is 21.3 Å². The molecule has 0 bridgehead atoms. The molecule has 5 heterocycles. The Kier molecular flexibility index (Phi) is 7.44. The van der Waals surface area contributed by atoms with Crippen molar-refractivity contribution in [2.75, 3.05) is 13.2 Å². The summed E-state index contributed by atoms with van der Waals surface area (Å²) in [6.45, 7) is -1.76. The lowest BCUT2D eigenvalue weighted by molar-refractivity contribution is -0.745. The minimum absolute atomic E-state index is 0.326. The number of hydrogen-bond donors (Lipinski definition) is 8. The fraction of sp³-hybridized carbons (Fsp3) is 0.588. The second kappa shape index (κ2) is 10.2. The van der Waals surface area contributed by atoms with Crippen molar-refractivity contribution < 1.29 is 71.8 Å².